The van der Waals surface area contributed by atoms with Crippen molar-refractivity contribution in [3.05, 3.63) is 59.9 Å². The Morgan fingerprint density at radius 1 is 1.12 bits per heavy atom. The average molecular weight is 355 g/mol. The molecule has 0 saturated heterocycles. The molecule has 0 spiro atoms. The number of amides is 2. The number of urea groups is 1. The van der Waals surface area contributed by atoms with Gasteiger partial charge in [0.15, 0.2) is 0 Å². The normalized spacial score (nSPS) is 11.2. The first-order valence-electron chi connectivity index (χ1n) is 7.52. The van der Waals surface area contributed by atoms with Crippen LogP contribution in [0.15, 0.2) is 48.5 Å². The van der Waals surface area contributed by atoms with Crippen LogP contribution in [0.3, 0.4) is 0 Å². The summed E-state index contributed by atoms with van der Waals surface area (Å²) in [6.07, 6.45) is -4.02. The number of hydrogen-bond acceptors (Lipinski definition) is 2. The van der Waals surface area contributed by atoms with Crippen LogP contribution in [0.5, 0.6) is 0 Å². The van der Waals surface area contributed by atoms with E-state index in [1.54, 1.807) is 0 Å². The minimum Gasteiger partial charge on any atom is -0.330 e. The van der Waals surface area contributed by atoms with Crippen molar-refractivity contribution in [1.82, 2.24) is 0 Å². The lowest BCUT2D eigenvalue weighted by molar-refractivity contribution is -0.137. The minimum atomic E-state index is -4.50. The topological polar surface area (TPSA) is 58.4 Å². The van der Waals surface area contributed by atoms with Crippen molar-refractivity contribution in [3.8, 4) is 0 Å². The van der Waals surface area contributed by atoms with Crippen LogP contribution in [0, 0.1) is 5.82 Å². The second kappa shape index (κ2) is 7.98. The van der Waals surface area contributed by atoms with Crippen molar-refractivity contribution in [2.45, 2.75) is 12.6 Å². The molecule has 2 rings (SSSR count). The number of anilines is 2. The van der Waals surface area contributed by atoms with Gasteiger partial charge in [0, 0.05) is 17.9 Å². The lowest BCUT2D eigenvalue weighted by Crippen LogP contribution is -2.36. The molecule has 0 heterocycles. The standard InChI is InChI=1S/C17H17F4N3O/c18-13-5-7-15(8-6-13)24(10-2-9-22)16(25)23-14-4-1-3-12(11-14)17(19,20)21/h1,3-8,11H,2,9-10,22H2,(H,23,25). The number of nitrogens with two attached hydrogens (primary N) is 1. The third kappa shape index (κ3) is 5.18. The molecule has 134 valence electrons. The van der Waals surface area contributed by atoms with Gasteiger partial charge >= 0.3 is 12.2 Å². The molecule has 0 atom stereocenters. The van der Waals surface area contributed by atoms with E-state index >= 15 is 0 Å². The summed E-state index contributed by atoms with van der Waals surface area (Å²) in [7, 11) is 0. The quantitative estimate of drug-likeness (QED) is 0.789. The number of nitrogens with zero attached hydrogens (tertiary/aromatic N) is 1. The number of carbonyl (C=O) groups excluding carboxylic acids is 1. The van der Waals surface area contributed by atoms with E-state index in [0.717, 1.165) is 12.1 Å². The molecular formula is C17H17F4N3O. The zero-order valence-electron chi connectivity index (χ0n) is 13.2. The molecule has 0 unspecified atom stereocenters. The van der Waals surface area contributed by atoms with Crippen molar-refractivity contribution in [2.24, 2.45) is 5.73 Å². The van der Waals surface area contributed by atoms with E-state index in [1.165, 1.54) is 41.3 Å². The summed E-state index contributed by atoms with van der Waals surface area (Å²) in [6.45, 7) is 0.571. The van der Waals surface area contributed by atoms with E-state index in [4.69, 9.17) is 5.73 Å². The Balaban J connectivity index is 2.21. The minimum absolute atomic E-state index is 0.0136. The van der Waals surface area contributed by atoms with Crippen molar-refractivity contribution in [3.63, 3.8) is 0 Å². The van der Waals surface area contributed by atoms with Gasteiger partial charge in [-0.2, -0.15) is 13.2 Å². The van der Waals surface area contributed by atoms with E-state index < -0.39 is 23.6 Å². The van der Waals surface area contributed by atoms with Gasteiger partial charge in [0.05, 0.1) is 5.56 Å². The second-order valence-corrected chi connectivity index (χ2v) is 5.28. The largest absolute Gasteiger partial charge is 0.416 e. The predicted molar refractivity (Wildman–Crippen MR) is 87.9 cm³/mol. The van der Waals surface area contributed by atoms with Crippen LogP contribution >= 0.6 is 0 Å². The number of alkyl halides is 3. The van der Waals surface area contributed by atoms with Gasteiger partial charge in [0.25, 0.3) is 0 Å². The molecule has 8 heteroatoms. The van der Waals surface area contributed by atoms with Gasteiger partial charge in [-0.1, -0.05) is 6.07 Å². The van der Waals surface area contributed by atoms with Crippen molar-refractivity contribution < 1.29 is 22.4 Å². The summed E-state index contributed by atoms with van der Waals surface area (Å²) in [4.78, 5) is 13.8. The number of halogens is 4. The molecule has 0 bridgehead atoms. The highest BCUT2D eigenvalue weighted by atomic mass is 19.4. The molecule has 0 radical (unpaired) electrons. The lowest BCUT2D eigenvalue weighted by atomic mass is 10.2. The fourth-order valence-corrected chi connectivity index (χ4v) is 2.18. The van der Waals surface area contributed by atoms with Crippen LogP contribution in [-0.2, 0) is 6.18 Å². The molecule has 0 saturated carbocycles. The van der Waals surface area contributed by atoms with E-state index in [0.29, 0.717) is 18.7 Å². The SMILES string of the molecule is NCCCN(C(=O)Nc1cccc(C(F)(F)F)c1)c1ccc(F)cc1. The number of carbonyl (C=O) groups is 1. The molecule has 0 aromatic heterocycles. The zero-order chi connectivity index (χ0) is 18.4. The molecule has 2 amide bonds. The van der Waals surface area contributed by atoms with Crippen LogP contribution in [0.4, 0.5) is 33.7 Å². The molecule has 25 heavy (non-hydrogen) atoms. The number of hydrogen-bond donors (Lipinski definition) is 2. The third-order valence-corrected chi connectivity index (χ3v) is 3.41. The average Bonchev–Trinajstić information content (AvgIpc) is 2.56. The first kappa shape index (κ1) is 18.7. The smallest absolute Gasteiger partial charge is 0.330 e. The summed E-state index contributed by atoms with van der Waals surface area (Å²) in [5.41, 5.74) is 5.03. The molecule has 2 aromatic rings. The highest BCUT2D eigenvalue weighted by Gasteiger charge is 2.30. The number of rotatable bonds is 5. The maximum atomic E-state index is 13.1. The van der Waals surface area contributed by atoms with E-state index in [9.17, 15) is 22.4 Å². The maximum Gasteiger partial charge on any atom is 0.416 e. The highest BCUT2D eigenvalue weighted by molar-refractivity contribution is 6.01. The lowest BCUT2D eigenvalue weighted by Gasteiger charge is -2.23. The van der Waals surface area contributed by atoms with Crippen LogP contribution in [0.25, 0.3) is 0 Å². The van der Waals surface area contributed by atoms with Crippen molar-refractivity contribution in [2.75, 3.05) is 23.3 Å². The van der Waals surface area contributed by atoms with Crippen molar-refractivity contribution in [1.29, 1.82) is 0 Å². The number of benzene rings is 2. The van der Waals surface area contributed by atoms with Crippen LogP contribution < -0.4 is 16.0 Å². The number of nitrogens with one attached hydrogen (secondary N) is 1. The van der Waals surface area contributed by atoms with E-state index in [-0.39, 0.29) is 12.2 Å². The Hall–Kier alpha value is -2.61. The second-order valence-electron chi connectivity index (χ2n) is 5.28. The van der Waals surface area contributed by atoms with Crippen LogP contribution in [0.2, 0.25) is 0 Å². The Morgan fingerprint density at radius 3 is 2.40 bits per heavy atom. The van der Waals surface area contributed by atoms with Crippen molar-refractivity contribution >= 4 is 17.4 Å². The molecule has 0 aliphatic carbocycles. The predicted octanol–water partition coefficient (Wildman–Crippen LogP) is 4.23. The molecule has 3 N–H and O–H groups in total. The fourth-order valence-electron chi connectivity index (χ4n) is 2.18. The summed E-state index contributed by atoms with van der Waals surface area (Å²) in [6, 6.07) is 8.93. The van der Waals surface area contributed by atoms with Crippen LogP contribution in [-0.4, -0.2) is 19.1 Å². The Bertz CT molecular complexity index is 717. The van der Waals surface area contributed by atoms with Gasteiger partial charge in [0.2, 0.25) is 0 Å². The van der Waals surface area contributed by atoms with E-state index in [2.05, 4.69) is 5.32 Å². The molecule has 0 aliphatic rings. The van der Waals surface area contributed by atoms with Gasteiger partial charge < -0.3 is 11.1 Å². The Labute approximate surface area is 142 Å². The first-order chi connectivity index (χ1) is 11.8. The van der Waals surface area contributed by atoms with Gasteiger partial charge in [-0.3, -0.25) is 4.90 Å². The molecule has 0 fully saturated rings. The summed E-state index contributed by atoms with van der Waals surface area (Å²) >= 11 is 0. The molecule has 2 aromatic carbocycles. The monoisotopic (exact) mass is 355 g/mol. The van der Waals surface area contributed by atoms with Crippen LogP contribution in [0.1, 0.15) is 12.0 Å². The Kier molecular flexibility index (Phi) is 5.97. The summed E-state index contributed by atoms with van der Waals surface area (Å²) in [5, 5.41) is 2.43. The van der Waals surface area contributed by atoms with E-state index in [1.807, 2.05) is 0 Å². The third-order valence-electron chi connectivity index (χ3n) is 3.41. The fraction of sp³-hybridized carbons (Fsp3) is 0.235. The van der Waals surface area contributed by atoms with Gasteiger partial charge in [0.1, 0.15) is 5.82 Å². The van der Waals surface area contributed by atoms with Gasteiger partial charge in [-0.05, 0) is 55.4 Å². The van der Waals surface area contributed by atoms with Gasteiger partial charge in [-0.15, -0.1) is 0 Å². The molecule has 4 nitrogen and oxygen atoms in total. The first-order valence-corrected chi connectivity index (χ1v) is 7.52. The van der Waals surface area contributed by atoms with Gasteiger partial charge in [-0.25, -0.2) is 9.18 Å². The zero-order valence-corrected chi connectivity index (χ0v) is 13.2. The molecular weight excluding hydrogens is 338 g/mol. The highest BCUT2D eigenvalue weighted by Crippen LogP contribution is 2.30. The summed E-state index contributed by atoms with van der Waals surface area (Å²) < 4.78 is 51.3. The summed E-state index contributed by atoms with van der Waals surface area (Å²) in [5.74, 6) is -0.458. The Morgan fingerprint density at radius 2 is 1.80 bits per heavy atom. The maximum absolute atomic E-state index is 13.1. The molecule has 0 aliphatic heterocycles.